The van der Waals surface area contributed by atoms with E-state index in [-0.39, 0.29) is 5.25 Å². The summed E-state index contributed by atoms with van der Waals surface area (Å²) in [5.74, 6) is 1.38. The molecule has 0 aliphatic carbocycles. The maximum atomic E-state index is 6.10. The Morgan fingerprint density at radius 2 is 2.20 bits per heavy atom. The van der Waals surface area contributed by atoms with Crippen LogP contribution in [-0.2, 0) is 17.7 Å². The largest absolute Gasteiger partial charge is 0.383 e. The number of hydrogen-bond acceptors (Lipinski definition) is 6. The van der Waals surface area contributed by atoms with Gasteiger partial charge in [-0.25, -0.2) is 4.98 Å². The molecule has 0 bridgehead atoms. The van der Waals surface area contributed by atoms with Crippen LogP contribution in [0, 0.1) is 0 Å². The summed E-state index contributed by atoms with van der Waals surface area (Å²) >= 11 is 7.70. The van der Waals surface area contributed by atoms with E-state index in [0.717, 1.165) is 34.9 Å². The van der Waals surface area contributed by atoms with Crippen LogP contribution in [0.15, 0.2) is 27.9 Å². The fraction of sp³-hybridized carbons (Fsp3) is 0.471. The standard InChI is InChI=1S/C17H21ClN4O2S/c1-4-5-15-20-16(24-21-15)11(2)25-17-19-13-10-12(18)6-7-14(13)22(17)8-9-23-3/h6-7,10-11H,4-5,8-9H2,1-3H3. The summed E-state index contributed by atoms with van der Waals surface area (Å²) in [6, 6.07) is 5.74. The van der Waals surface area contributed by atoms with Gasteiger partial charge in [-0.3, -0.25) is 0 Å². The lowest BCUT2D eigenvalue weighted by Crippen LogP contribution is -2.06. The molecule has 2 heterocycles. The van der Waals surface area contributed by atoms with Gasteiger partial charge in [-0.05, 0) is 31.5 Å². The second-order valence-corrected chi connectivity index (χ2v) is 7.48. The van der Waals surface area contributed by atoms with Crippen LogP contribution in [0.5, 0.6) is 0 Å². The number of aromatic nitrogens is 4. The molecule has 0 N–H and O–H groups in total. The molecule has 1 atom stereocenters. The molecular formula is C17H21ClN4O2S. The molecule has 0 aliphatic heterocycles. The maximum absolute atomic E-state index is 6.10. The fourth-order valence-electron chi connectivity index (χ4n) is 2.54. The smallest absolute Gasteiger partial charge is 0.239 e. The van der Waals surface area contributed by atoms with Gasteiger partial charge in [0.1, 0.15) is 0 Å². The van der Waals surface area contributed by atoms with Gasteiger partial charge in [0.05, 0.1) is 22.9 Å². The van der Waals surface area contributed by atoms with E-state index in [2.05, 4.69) is 21.6 Å². The zero-order valence-electron chi connectivity index (χ0n) is 14.5. The van der Waals surface area contributed by atoms with Crippen LogP contribution in [0.2, 0.25) is 5.02 Å². The summed E-state index contributed by atoms with van der Waals surface area (Å²) in [5.41, 5.74) is 1.91. The van der Waals surface area contributed by atoms with E-state index in [1.807, 2.05) is 25.1 Å². The Morgan fingerprint density at radius 3 is 2.96 bits per heavy atom. The summed E-state index contributed by atoms with van der Waals surface area (Å²) in [6.45, 7) is 5.46. The molecular weight excluding hydrogens is 360 g/mol. The molecule has 0 fully saturated rings. The number of benzene rings is 1. The first-order valence-electron chi connectivity index (χ1n) is 8.26. The third-order valence-electron chi connectivity index (χ3n) is 3.78. The van der Waals surface area contributed by atoms with Crippen molar-refractivity contribution in [2.45, 2.75) is 43.6 Å². The van der Waals surface area contributed by atoms with Crippen LogP contribution in [0.1, 0.15) is 37.2 Å². The molecule has 3 aromatic rings. The van der Waals surface area contributed by atoms with Crippen LogP contribution < -0.4 is 0 Å². The molecule has 1 aromatic carbocycles. The molecule has 0 saturated heterocycles. The summed E-state index contributed by atoms with van der Waals surface area (Å²) < 4.78 is 12.8. The van der Waals surface area contributed by atoms with Crippen LogP contribution >= 0.6 is 23.4 Å². The maximum Gasteiger partial charge on any atom is 0.239 e. The van der Waals surface area contributed by atoms with Gasteiger partial charge in [0, 0.05) is 25.1 Å². The van der Waals surface area contributed by atoms with Gasteiger partial charge in [0.2, 0.25) is 5.89 Å². The first kappa shape index (κ1) is 18.2. The van der Waals surface area contributed by atoms with Crippen LogP contribution in [0.3, 0.4) is 0 Å². The molecule has 0 amide bonds. The van der Waals surface area contributed by atoms with Crippen molar-refractivity contribution in [1.29, 1.82) is 0 Å². The third-order valence-corrected chi connectivity index (χ3v) is 5.09. The number of thioether (sulfide) groups is 1. The number of ether oxygens (including phenoxy) is 1. The number of aryl methyl sites for hydroxylation is 1. The minimum Gasteiger partial charge on any atom is -0.383 e. The number of hydrogen-bond donors (Lipinski definition) is 0. The molecule has 25 heavy (non-hydrogen) atoms. The van der Waals surface area contributed by atoms with Crippen LogP contribution in [0.25, 0.3) is 11.0 Å². The van der Waals surface area contributed by atoms with E-state index in [4.69, 9.17) is 25.8 Å². The quantitative estimate of drug-likeness (QED) is 0.535. The van der Waals surface area contributed by atoms with Crippen molar-refractivity contribution >= 4 is 34.4 Å². The highest BCUT2D eigenvalue weighted by molar-refractivity contribution is 7.99. The van der Waals surface area contributed by atoms with Crippen molar-refractivity contribution in [2.75, 3.05) is 13.7 Å². The Morgan fingerprint density at radius 1 is 1.36 bits per heavy atom. The summed E-state index contributed by atoms with van der Waals surface area (Å²) in [6.07, 6.45) is 1.82. The van der Waals surface area contributed by atoms with Gasteiger partial charge < -0.3 is 13.8 Å². The van der Waals surface area contributed by atoms with Crippen molar-refractivity contribution < 1.29 is 9.26 Å². The predicted molar refractivity (Wildman–Crippen MR) is 99.2 cm³/mol. The minimum absolute atomic E-state index is 0.00619. The summed E-state index contributed by atoms with van der Waals surface area (Å²) in [7, 11) is 1.69. The predicted octanol–water partition coefficient (Wildman–Crippen LogP) is 4.52. The van der Waals surface area contributed by atoms with E-state index in [1.165, 1.54) is 0 Å². The Hall–Kier alpha value is -1.57. The minimum atomic E-state index is 0.00619. The lowest BCUT2D eigenvalue weighted by molar-refractivity contribution is 0.186. The van der Waals surface area contributed by atoms with Gasteiger partial charge in [-0.2, -0.15) is 4.98 Å². The number of nitrogens with zero attached hydrogens (tertiary/aromatic N) is 4. The Balaban J connectivity index is 1.87. The molecule has 6 nitrogen and oxygen atoms in total. The van der Waals surface area contributed by atoms with Gasteiger partial charge >= 0.3 is 0 Å². The van der Waals surface area contributed by atoms with Gasteiger partial charge in [0.15, 0.2) is 11.0 Å². The van der Waals surface area contributed by atoms with Gasteiger partial charge in [0.25, 0.3) is 0 Å². The number of methoxy groups -OCH3 is 1. The first-order chi connectivity index (χ1) is 12.1. The Labute approximate surface area is 155 Å². The molecule has 8 heteroatoms. The lowest BCUT2D eigenvalue weighted by atomic mass is 10.3. The number of rotatable bonds is 8. The normalized spacial score (nSPS) is 12.8. The van der Waals surface area contributed by atoms with Crippen molar-refractivity contribution in [2.24, 2.45) is 0 Å². The fourth-order valence-corrected chi connectivity index (χ4v) is 3.68. The van der Waals surface area contributed by atoms with Crippen molar-refractivity contribution in [3.63, 3.8) is 0 Å². The van der Waals surface area contributed by atoms with Crippen molar-refractivity contribution in [1.82, 2.24) is 19.7 Å². The van der Waals surface area contributed by atoms with E-state index in [0.29, 0.717) is 24.1 Å². The molecule has 0 saturated carbocycles. The van der Waals surface area contributed by atoms with E-state index in [1.54, 1.807) is 18.9 Å². The SMILES string of the molecule is CCCc1noc(C(C)Sc2nc3cc(Cl)ccc3n2CCOC)n1. The molecule has 134 valence electrons. The van der Waals surface area contributed by atoms with Gasteiger partial charge in [-0.1, -0.05) is 35.4 Å². The van der Waals surface area contributed by atoms with Crippen molar-refractivity contribution in [3.8, 4) is 0 Å². The number of imidazole rings is 1. The number of halogens is 1. The zero-order chi connectivity index (χ0) is 17.8. The zero-order valence-corrected chi connectivity index (χ0v) is 16.1. The highest BCUT2D eigenvalue weighted by Crippen LogP contribution is 2.35. The van der Waals surface area contributed by atoms with E-state index < -0.39 is 0 Å². The Kier molecular flexibility index (Phi) is 5.98. The Bertz CT molecular complexity index is 848. The molecule has 0 radical (unpaired) electrons. The second kappa shape index (κ2) is 8.21. The molecule has 0 spiro atoms. The topological polar surface area (TPSA) is 66.0 Å². The highest BCUT2D eigenvalue weighted by Gasteiger charge is 2.20. The van der Waals surface area contributed by atoms with E-state index in [9.17, 15) is 0 Å². The third kappa shape index (κ3) is 4.16. The monoisotopic (exact) mass is 380 g/mol. The molecule has 3 rings (SSSR count). The summed E-state index contributed by atoms with van der Waals surface area (Å²) in [4.78, 5) is 9.21. The van der Waals surface area contributed by atoms with Crippen LogP contribution in [-0.4, -0.2) is 33.4 Å². The van der Waals surface area contributed by atoms with Gasteiger partial charge in [-0.15, -0.1) is 0 Å². The first-order valence-corrected chi connectivity index (χ1v) is 9.52. The van der Waals surface area contributed by atoms with E-state index >= 15 is 0 Å². The number of fused-ring (bicyclic) bond motifs is 1. The lowest BCUT2D eigenvalue weighted by Gasteiger charge is -2.10. The average molecular weight is 381 g/mol. The molecule has 0 aliphatic rings. The average Bonchev–Trinajstić information content (AvgIpc) is 3.17. The highest BCUT2D eigenvalue weighted by atomic mass is 35.5. The second-order valence-electron chi connectivity index (χ2n) is 5.73. The summed E-state index contributed by atoms with van der Waals surface area (Å²) in [5, 5.41) is 5.60. The molecule has 1 unspecified atom stereocenters. The van der Waals surface area contributed by atoms with Crippen molar-refractivity contribution in [3.05, 3.63) is 34.9 Å². The molecule has 2 aromatic heterocycles. The van der Waals surface area contributed by atoms with Crippen LogP contribution in [0.4, 0.5) is 0 Å².